The van der Waals surface area contributed by atoms with Crippen molar-refractivity contribution < 1.29 is 14.3 Å². The zero-order valence-corrected chi connectivity index (χ0v) is 14.3. The number of hydrogen-bond donors (Lipinski definition) is 0. The van der Waals surface area contributed by atoms with Crippen LogP contribution in [0, 0.1) is 0 Å². The number of esters is 1. The van der Waals surface area contributed by atoms with Gasteiger partial charge in [0.25, 0.3) is 0 Å². The molecule has 24 heavy (non-hydrogen) atoms. The summed E-state index contributed by atoms with van der Waals surface area (Å²) in [6.07, 6.45) is 3.32. The molecule has 0 fully saturated rings. The van der Waals surface area contributed by atoms with Crippen LogP contribution in [0.1, 0.15) is 11.1 Å². The Hall–Kier alpha value is -2.66. The predicted molar refractivity (Wildman–Crippen MR) is 96.9 cm³/mol. The maximum Gasteiger partial charge on any atom is 0.363 e. The van der Waals surface area contributed by atoms with E-state index in [1.165, 1.54) is 0 Å². The quantitative estimate of drug-likeness (QED) is 0.437. The van der Waals surface area contributed by atoms with Gasteiger partial charge in [0.05, 0.1) is 0 Å². The monoisotopic (exact) mass is 383 g/mol. The van der Waals surface area contributed by atoms with Crippen LogP contribution in [0.4, 0.5) is 0 Å². The first-order valence-corrected chi connectivity index (χ1v) is 8.08. The normalized spacial score (nSPS) is 15.1. The van der Waals surface area contributed by atoms with E-state index in [9.17, 15) is 4.79 Å². The van der Waals surface area contributed by atoms with Crippen molar-refractivity contribution in [2.75, 3.05) is 6.61 Å². The average molecular weight is 384 g/mol. The summed E-state index contributed by atoms with van der Waals surface area (Å²) in [6, 6.07) is 14.8. The minimum absolute atomic E-state index is 0.232. The zero-order chi connectivity index (χ0) is 16.9. The average Bonchev–Trinajstić information content (AvgIpc) is 2.96. The molecule has 1 heterocycles. The molecule has 0 bridgehead atoms. The first-order valence-electron chi connectivity index (χ1n) is 7.28. The second-order valence-electron chi connectivity index (χ2n) is 4.98. The van der Waals surface area contributed by atoms with Gasteiger partial charge >= 0.3 is 5.97 Å². The van der Waals surface area contributed by atoms with Gasteiger partial charge in [0.15, 0.2) is 5.70 Å². The minimum atomic E-state index is -0.483. The Balaban J connectivity index is 1.96. The highest BCUT2D eigenvalue weighted by atomic mass is 79.9. The molecule has 4 nitrogen and oxygen atoms in total. The van der Waals surface area contributed by atoms with E-state index in [0.29, 0.717) is 18.3 Å². The molecule has 0 aromatic heterocycles. The SMILES string of the molecule is C=CCOc1ccc(Br)cc1/C=C1\N=C(c2ccccc2)OC1=O. The second kappa shape index (κ2) is 7.27. The molecule has 120 valence electrons. The molecule has 0 radical (unpaired) electrons. The Morgan fingerprint density at radius 1 is 1.21 bits per heavy atom. The summed E-state index contributed by atoms with van der Waals surface area (Å²) in [5, 5.41) is 0. The summed E-state index contributed by atoms with van der Waals surface area (Å²) in [5.74, 6) is 0.459. The molecule has 2 aromatic carbocycles. The van der Waals surface area contributed by atoms with Gasteiger partial charge in [-0.2, -0.15) is 0 Å². The third-order valence-electron chi connectivity index (χ3n) is 3.26. The molecule has 0 spiro atoms. The third kappa shape index (κ3) is 3.63. The van der Waals surface area contributed by atoms with Gasteiger partial charge in [0, 0.05) is 15.6 Å². The molecule has 1 aliphatic rings. The lowest BCUT2D eigenvalue weighted by atomic mass is 10.1. The van der Waals surface area contributed by atoms with Crippen LogP contribution < -0.4 is 4.74 Å². The zero-order valence-electron chi connectivity index (χ0n) is 12.7. The van der Waals surface area contributed by atoms with Gasteiger partial charge in [-0.05, 0) is 36.4 Å². The van der Waals surface area contributed by atoms with Crippen molar-refractivity contribution in [1.29, 1.82) is 0 Å². The van der Waals surface area contributed by atoms with Crippen LogP contribution in [-0.2, 0) is 9.53 Å². The van der Waals surface area contributed by atoms with Crippen LogP contribution in [-0.4, -0.2) is 18.5 Å². The van der Waals surface area contributed by atoms with Crippen molar-refractivity contribution in [3.8, 4) is 5.75 Å². The van der Waals surface area contributed by atoms with Crippen LogP contribution in [0.25, 0.3) is 6.08 Å². The molecule has 2 aromatic rings. The lowest BCUT2D eigenvalue weighted by molar-refractivity contribution is -0.129. The van der Waals surface area contributed by atoms with Gasteiger partial charge < -0.3 is 9.47 Å². The topological polar surface area (TPSA) is 47.9 Å². The molecule has 0 atom stereocenters. The molecular weight excluding hydrogens is 370 g/mol. The van der Waals surface area contributed by atoms with Crippen LogP contribution in [0.2, 0.25) is 0 Å². The highest BCUT2D eigenvalue weighted by Crippen LogP contribution is 2.27. The number of cyclic esters (lactones) is 1. The summed E-state index contributed by atoms with van der Waals surface area (Å²) in [7, 11) is 0. The van der Waals surface area contributed by atoms with Crippen molar-refractivity contribution in [3.63, 3.8) is 0 Å². The fourth-order valence-electron chi connectivity index (χ4n) is 2.17. The molecule has 1 aliphatic heterocycles. The number of ether oxygens (including phenoxy) is 2. The number of hydrogen-bond acceptors (Lipinski definition) is 4. The molecule has 5 heteroatoms. The third-order valence-corrected chi connectivity index (χ3v) is 3.76. The number of carbonyl (C=O) groups excluding carboxylic acids is 1. The van der Waals surface area contributed by atoms with Crippen LogP contribution in [0.5, 0.6) is 5.75 Å². The van der Waals surface area contributed by atoms with Crippen molar-refractivity contribution in [3.05, 3.63) is 82.5 Å². The van der Waals surface area contributed by atoms with E-state index in [-0.39, 0.29) is 5.70 Å². The van der Waals surface area contributed by atoms with Crippen molar-refractivity contribution >= 4 is 33.9 Å². The Kier molecular flexibility index (Phi) is 4.91. The van der Waals surface area contributed by atoms with Gasteiger partial charge in [-0.1, -0.05) is 46.8 Å². The highest BCUT2D eigenvalue weighted by Gasteiger charge is 2.24. The van der Waals surface area contributed by atoms with Crippen molar-refractivity contribution in [2.45, 2.75) is 0 Å². The number of benzene rings is 2. The largest absolute Gasteiger partial charge is 0.489 e. The highest BCUT2D eigenvalue weighted by molar-refractivity contribution is 9.10. The summed E-state index contributed by atoms with van der Waals surface area (Å²) >= 11 is 3.42. The summed E-state index contributed by atoms with van der Waals surface area (Å²) in [5.41, 5.74) is 1.72. The summed E-state index contributed by atoms with van der Waals surface area (Å²) < 4.78 is 11.7. The first kappa shape index (κ1) is 16.2. The molecule has 3 rings (SSSR count). The summed E-state index contributed by atoms with van der Waals surface area (Å²) in [4.78, 5) is 16.4. The molecule has 0 N–H and O–H groups in total. The van der Waals surface area contributed by atoms with E-state index in [4.69, 9.17) is 9.47 Å². The standard InChI is InChI=1S/C19H14BrNO3/c1-2-10-23-17-9-8-15(20)11-14(17)12-16-19(22)24-18(21-16)13-6-4-3-5-7-13/h2-9,11-12H,1,10H2/b16-12-. The minimum Gasteiger partial charge on any atom is -0.489 e. The van der Waals surface area contributed by atoms with Gasteiger partial charge in [0.2, 0.25) is 5.90 Å². The molecule has 0 saturated carbocycles. The molecule has 0 amide bonds. The lowest BCUT2D eigenvalue weighted by Crippen LogP contribution is -2.05. The summed E-state index contributed by atoms with van der Waals surface area (Å²) in [6.45, 7) is 4.01. The Labute approximate surface area is 148 Å². The van der Waals surface area contributed by atoms with E-state index in [1.807, 2.05) is 48.5 Å². The van der Waals surface area contributed by atoms with Gasteiger partial charge in [-0.3, -0.25) is 0 Å². The number of halogens is 1. The molecule has 0 unspecified atom stereocenters. The fraction of sp³-hybridized carbons (Fsp3) is 0.0526. The van der Waals surface area contributed by atoms with Crippen LogP contribution >= 0.6 is 15.9 Å². The molecule has 0 aliphatic carbocycles. The maximum atomic E-state index is 12.1. The smallest absolute Gasteiger partial charge is 0.363 e. The van der Waals surface area contributed by atoms with Gasteiger partial charge in [-0.25, -0.2) is 9.79 Å². The second-order valence-corrected chi connectivity index (χ2v) is 5.90. The van der Waals surface area contributed by atoms with Gasteiger partial charge in [0.1, 0.15) is 12.4 Å². The van der Waals surface area contributed by atoms with E-state index in [1.54, 1.807) is 12.2 Å². The number of rotatable bonds is 5. The van der Waals surface area contributed by atoms with Crippen molar-refractivity contribution in [1.82, 2.24) is 0 Å². The Morgan fingerprint density at radius 3 is 2.75 bits per heavy atom. The van der Waals surface area contributed by atoms with Crippen LogP contribution in [0.15, 0.2) is 76.3 Å². The Bertz CT molecular complexity index is 841. The van der Waals surface area contributed by atoms with Crippen molar-refractivity contribution in [2.24, 2.45) is 4.99 Å². The molecule has 0 saturated heterocycles. The lowest BCUT2D eigenvalue weighted by Gasteiger charge is -2.07. The predicted octanol–water partition coefficient (Wildman–Crippen LogP) is 4.36. The maximum absolute atomic E-state index is 12.1. The van der Waals surface area contributed by atoms with E-state index in [2.05, 4.69) is 27.5 Å². The number of carbonyl (C=O) groups is 1. The number of aliphatic imine (C=N–C) groups is 1. The fourth-order valence-corrected chi connectivity index (χ4v) is 2.55. The van der Waals surface area contributed by atoms with Crippen LogP contribution in [0.3, 0.4) is 0 Å². The number of nitrogens with zero attached hydrogens (tertiary/aromatic N) is 1. The molecular formula is C19H14BrNO3. The van der Waals surface area contributed by atoms with Gasteiger partial charge in [-0.15, -0.1) is 0 Å². The van der Waals surface area contributed by atoms with E-state index >= 15 is 0 Å². The van der Waals surface area contributed by atoms with E-state index < -0.39 is 5.97 Å². The first-order chi connectivity index (χ1) is 11.7. The van der Waals surface area contributed by atoms with E-state index in [0.717, 1.165) is 15.6 Å². The Morgan fingerprint density at radius 2 is 2.00 bits per heavy atom.